The van der Waals surface area contributed by atoms with E-state index in [0.29, 0.717) is 30.8 Å². The number of hydrogen-bond acceptors (Lipinski definition) is 2. The Morgan fingerprint density at radius 2 is 2.00 bits per heavy atom. The minimum absolute atomic E-state index is 0.254. The van der Waals surface area contributed by atoms with Crippen LogP contribution in [0.2, 0.25) is 0 Å². The molecule has 23 heavy (non-hydrogen) atoms. The second-order valence-electron chi connectivity index (χ2n) is 5.10. The van der Waals surface area contributed by atoms with E-state index in [2.05, 4.69) is 10.6 Å². The fraction of sp³-hybridized carbons (Fsp3) is 0.278. The summed E-state index contributed by atoms with van der Waals surface area (Å²) in [5, 5.41) is 5.45. The van der Waals surface area contributed by atoms with Crippen molar-refractivity contribution in [3.05, 3.63) is 59.9 Å². The fourth-order valence-corrected chi connectivity index (χ4v) is 2.07. The Morgan fingerprint density at radius 1 is 1.17 bits per heavy atom. The number of halogens is 1. The Bertz CT molecular complexity index is 646. The Hall–Kier alpha value is -2.56. The minimum Gasteiger partial charge on any atom is -0.494 e. The number of benzene rings is 2. The molecule has 0 unspecified atom stereocenters. The maximum absolute atomic E-state index is 13.5. The zero-order valence-electron chi connectivity index (χ0n) is 13.1. The number of nitrogens with one attached hydrogen (secondary N) is 2. The van der Waals surface area contributed by atoms with Gasteiger partial charge < -0.3 is 15.4 Å². The molecule has 2 aromatic carbocycles. The number of ether oxygens (including phenoxy) is 1. The molecule has 0 spiro atoms. The lowest BCUT2D eigenvalue weighted by atomic mass is 10.1. The molecule has 0 aliphatic rings. The summed E-state index contributed by atoms with van der Waals surface area (Å²) in [5.74, 6) is 0.464. The van der Waals surface area contributed by atoms with Crippen molar-refractivity contribution in [2.75, 3.05) is 18.5 Å². The lowest BCUT2D eigenvalue weighted by Crippen LogP contribution is -2.30. The van der Waals surface area contributed by atoms with Crippen LogP contribution in [0.15, 0.2) is 48.5 Å². The number of hydrogen-bond donors (Lipinski definition) is 2. The minimum atomic E-state index is -0.325. The largest absolute Gasteiger partial charge is 0.494 e. The third kappa shape index (κ3) is 5.62. The Labute approximate surface area is 135 Å². The summed E-state index contributed by atoms with van der Waals surface area (Å²) in [7, 11) is 0. The van der Waals surface area contributed by atoms with Gasteiger partial charge in [0.1, 0.15) is 11.6 Å². The van der Waals surface area contributed by atoms with E-state index in [4.69, 9.17) is 4.74 Å². The summed E-state index contributed by atoms with van der Waals surface area (Å²) < 4.78 is 19.0. The lowest BCUT2D eigenvalue weighted by molar-refractivity contribution is 0.252. The molecule has 2 rings (SSSR count). The van der Waals surface area contributed by atoms with Crippen LogP contribution in [0.3, 0.4) is 0 Å². The van der Waals surface area contributed by atoms with E-state index < -0.39 is 0 Å². The molecule has 0 aliphatic carbocycles. The first kappa shape index (κ1) is 16.8. The van der Waals surface area contributed by atoms with Crippen LogP contribution in [0.4, 0.5) is 14.9 Å². The van der Waals surface area contributed by atoms with Gasteiger partial charge >= 0.3 is 6.03 Å². The van der Waals surface area contributed by atoms with Crippen molar-refractivity contribution in [3.8, 4) is 5.75 Å². The second kappa shape index (κ2) is 8.78. The zero-order valence-corrected chi connectivity index (χ0v) is 13.1. The molecule has 4 nitrogen and oxygen atoms in total. The van der Waals surface area contributed by atoms with Crippen LogP contribution in [0.25, 0.3) is 0 Å². The molecule has 0 atom stereocenters. The van der Waals surface area contributed by atoms with Crippen LogP contribution in [0.5, 0.6) is 5.75 Å². The van der Waals surface area contributed by atoms with Gasteiger partial charge in [0.15, 0.2) is 0 Å². The highest BCUT2D eigenvalue weighted by atomic mass is 19.1. The van der Waals surface area contributed by atoms with Crippen molar-refractivity contribution in [3.63, 3.8) is 0 Å². The Kier molecular flexibility index (Phi) is 6.41. The Morgan fingerprint density at radius 3 is 2.78 bits per heavy atom. The van der Waals surface area contributed by atoms with Crippen LogP contribution >= 0.6 is 0 Å². The average Bonchev–Trinajstić information content (AvgIpc) is 2.55. The molecule has 0 aliphatic heterocycles. The first-order valence-corrected chi connectivity index (χ1v) is 7.70. The van der Waals surface area contributed by atoms with Crippen molar-refractivity contribution in [1.82, 2.24) is 5.32 Å². The number of anilines is 1. The summed E-state index contributed by atoms with van der Waals surface area (Å²) in [6, 6.07) is 13.4. The van der Waals surface area contributed by atoms with Crippen LogP contribution in [0.1, 0.15) is 18.9 Å². The van der Waals surface area contributed by atoms with Gasteiger partial charge in [0, 0.05) is 18.3 Å². The zero-order chi connectivity index (χ0) is 16.5. The van der Waals surface area contributed by atoms with Crippen molar-refractivity contribution >= 4 is 11.7 Å². The van der Waals surface area contributed by atoms with Gasteiger partial charge in [-0.15, -0.1) is 0 Å². The number of amides is 2. The summed E-state index contributed by atoms with van der Waals surface area (Å²) in [5.41, 5.74) is 1.24. The summed E-state index contributed by atoms with van der Waals surface area (Å²) in [6.07, 6.45) is 1.37. The van der Waals surface area contributed by atoms with Gasteiger partial charge in [-0.3, -0.25) is 0 Å². The van der Waals surface area contributed by atoms with Crippen molar-refractivity contribution in [2.45, 2.75) is 19.8 Å². The smallest absolute Gasteiger partial charge is 0.319 e. The molecule has 2 aromatic rings. The van der Waals surface area contributed by atoms with Crippen LogP contribution in [-0.4, -0.2) is 19.2 Å². The first-order valence-electron chi connectivity index (χ1n) is 7.70. The number of carbonyl (C=O) groups excluding carboxylic acids is 1. The van der Waals surface area contributed by atoms with Crippen molar-refractivity contribution in [2.24, 2.45) is 0 Å². The third-order valence-electron chi connectivity index (χ3n) is 3.20. The van der Waals surface area contributed by atoms with Crippen LogP contribution in [-0.2, 0) is 6.42 Å². The first-order chi connectivity index (χ1) is 11.2. The van der Waals surface area contributed by atoms with Gasteiger partial charge in [-0.05, 0) is 36.6 Å². The molecule has 0 bridgehead atoms. The second-order valence-corrected chi connectivity index (χ2v) is 5.10. The van der Waals surface area contributed by atoms with Crippen molar-refractivity contribution < 1.29 is 13.9 Å². The summed E-state index contributed by atoms with van der Waals surface area (Å²) >= 11 is 0. The van der Waals surface area contributed by atoms with Crippen molar-refractivity contribution in [1.29, 1.82) is 0 Å². The summed E-state index contributed by atoms with van der Waals surface area (Å²) in [6.45, 7) is 3.03. The van der Waals surface area contributed by atoms with E-state index in [1.54, 1.807) is 30.3 Å². The molecule has 2 N–H and O–H groups in total. The topological polar surface area (TPSA) is 50.4 Å². The normalized spacial score (nSPS) is 10.2. The molecule has 2 amide bonds. The molecule has 0 heterocycles. The van der Waals surface area contributed by atoms with Crippen LogP contribution < -0.4 is 15.4 Å². The predicted molar refractivity (Wildman–Crippen MR) is 89.4 cm³/mol. The average molecular weight is 316 g/mol. The molecule has 0 saturated carbocycles. The standard InChI is InChI=1S/C18H21FN2O2/c1-2-12-23-16-8-5-7-15(13-16)21-18(22)20-11-10-14-6-3-4-9-17(14)19/h3-9,13H,2,10-12H2,1H3,(H2,20,21,22). The highest BCUT2D eigenvalue weighted by Crippen LogP contribution is 2.17. The van der Waals surface area contributed by atoms with E-state index in [0.717, 1.165) is 12.2 Å². The number of rotatable bonds is 7. The van der Waals surface area contributed by atoms with Gasteiger partial charge in [0.2, 0.25) is 0 Å². The van der Waals surface area contributed by atoms with E-state index >= 15 is 0 Å². The third-order valence-corrected chi connectivity index (χ3v) is 3.20. The highest BCUT2D eigenvalue weighted by Gasteiger charge is 2.04. The SMILES string of the molecule is CCCOc1cccc(NC(=O)NCCc2ccccc2F)c1. The maximum Gasteiger partial charge on any atom is 0.319 e. The Balaban J connectivity index is 1.79. The lowest BCUT2D eigenvalue weighted by Gasteiger charge is -2.10. The van der Waals surface area contributed by atoms with Gasteiger partial charge in [-0.1, -0.05) is 31.2 Å². The van der Waals surface area contributed by atoms with Crippen LogP contribution in [0, 0.1) is 5.82 Å². The molecular formula is C18H21FN2O2. The van der Waals surface area contributed by atoms with E-state index in [1.165, 1.54) is 6.07 Å². The molecule has 0 radical (unpaired) electrons. The molecular weight excluding hydrogens is 295 g/mol. The highest BCUT2D eigenvalue weighted by molar-refractivity contribution is 5.89. The molecule has 0 fully saturated rings. The van der Waals surface area contributed by atoms with E-state index in [1.807, 2.05) is 19.1 Å². The van der Waals surface area contributed by atoms with Gasteiger partial charge in [0.05, 0.1) is 6.61 Å². The quantitative estimate of drug-likeness (QED) is 0.812. The molecule has 122 valence electrons. The molecule has 0 saturated heterocycles. The van der Waals surface area contributed by atoms with Gasteiger partial charge in [0.25, 0.3) is 0 Å². The monoisotopic (exact) mass is 316 g/mol. The molecule has 0 aromatic heterocycles. The fourth-order valence-electron chi connectivity index (χ4n) is 2.07. The molecule has 5 heteroatoms. The maximum atomic E-state index is 13.5. The number of carbonyl (C=O) groups is 1. The predicted octanol–water partition coefficient (Wildman–Crippen LogP) is 3.98. The van der Waals surface area contributed by atoms with E-state index in [-0.39, 0.29) is 11.8 Å². The van der Waals surface area contributed by atoms with E-state index in [9.17, 15) is 9.18 Å². The van der Waals surface area contributed by atoms with Gasteiger partial charge in [-0.25, -0.2) is 9.18 Å². The number of urea groups is 1. The van der Waals surface area contributed by atoms with Gasteiger partial charge in [-0.2, -0.15) is 0 Å². The summed E-state index contributed by atoms with van der Waals surface area (Å²) in [4.78, 5) is 11.9.